The highest BCUT2D eigenvalue weighted by Crippen LogP contribution is 2.32. The van der Waals surface area contributed by atoms with Crippen molar-refractivity contribution < 1.29 is 14.1 Å². The molecule has 0 unspecified atom stereocenters. The van der Waals surface area contributed by atoms with Crippen molar-refractivity contribution in [2.24, 2.45) is 0 Å². The quantitative estimate of drug-likeness (QED) is 0.538. The minimum absolute atomic E-state index is 0.154. The molecule has 0 saturated carbocycles. The van der Waals surface area contributed by atoms with Gasteiger partial charge >= 0.3 is 0 Å². The molecule has 16 heavy (non-hydrogen) atoms. The Balaban J connectivity index is 2.58. The number of carbonyl (C=O) groups excluding carboxylic acids is 1. The summed E-state index contributed by atoms with van der Waals surface area (Å²) in [5, 5.41) is 10.5. The predicted octanol–water partition coefficient (Wildman–Crippen LogP) is 1.64. The molecule has 6 heteroatoms. The number of nitro groups is 1. The molecule has 0 radical (unpaired) electrons. The highest BCUT2D eigenvalue weighted by atomic mass is 19.1. The number of amides is 1. The van der Waals surface area contributed by atoms with E-state index in [1.165, 1.54) is 18.0 Å². The Morgan fingerprint density at radius 3 is 2.75 bits per heavy atom. The van der Waals surface area contributed by atoms with Crippen LogP contribution in [-0.4, -0.2) is 17.9 Å². The van der Waals surface area contributed by atoms with Crippen molar-refractivity contribution in [2.45, 2.75) is 12.8 Å². The number of fused-ring (bicyclic) bond motifs is 1. The van der Waals surface area contributed by atoms with E-state index in [9.17, 15) is 19.3 Å². The van der Waals surface area contributed by atoms with Crippen molar-refractivity contribution in [3.05, 3.63) is 33.6 Å². The summed E-state index contributed by atoms with van der Waals surface area (Å²) < 4.78 is 13.6. The number of rotatable bonds is 1. The highest BCUT2D eigenvalue weighted by molar-refractivity contribution is 5.96. The molecule has 1 heterocycles. The molecule has 84 valence electrons. The summed E-state index contributed by atoms with van der Waals surface area (Å²) in [5.74, 6) is -0.903. The number of carbonyl (C=O) groups is 1. The Kier molecular flexibility index (Phi) is 2.34. The Morgan fingerprint density at radius 1 is 1.44 bits per heavy atom. The van der Waals surface area contributed by atoms with E-state index in [1.54, 1.807) is 0 Å². The van der Waals surface area contributed by atoms with Gasteiger partial charge in [0, 0.05) is 19.5 Å². The lowest BCUT2D eigenvalue weighted by Gasteiger charge is -2.25. The van der Waals surface area contributed by atoms with E-state index < -0.39 is 10.7 Å². The summed E-state index contributed by atoms with van der Waals surface area (Å²) in [6.45, 7) is 0. The standard InChI is InChI=1S/C10H9FN2O3/c1-12-9(14)3-2-6-4-7(13(15)16)5-8(11)10(6)12/h4-5H,2-3H2,1H3. The molecular weight excluding hydrogens is 215 g/mol. The van der Waals surface area contributed by atoms with Crippen LogP contribution in [0.1, 0.15) is 12.0 Å². The number of halogens is 1. The Bertz CT molecular complexity index is 487. The van der Waals surface area contributed by atoms with Gasteiger partial charge in [0.2, 0.25) is 5.91 Å². The van der Waals surface area contributed by atoms with Crippen molar-refractivity contribution in [3.63, 3.8) is 0 Å². The van der Waals surface area contributed by atoms with Gasteiger partial charge in [0.05, 0.1) is 16.7 Å². The van der Waals surface area contributed by atoms with E-state index in [-0.39, 0.29) is 23.7 Å². The number of nitrogens with zero attached hydrogens (tertiary/aromatic N) is 2. The number of hydrogen-bond donors (Lipinski definition) is 0. The molecular formula is C10H9FN2O3. The van der Waals surface area contributed by atoms with Gasteiger partial charge in [0.1, 0.15) is 0 Å². The lowest BCUT2D eigenvalue weighted by atomic mass is 10.0. The number of anilines is 1. The minimum atomic E-state index is -0.722. The van der Waals surface area contributed by atoms with Crippen LogP contribution in [0.15, 0.2) is 12.1 Å². The molecule has 1 aromatic rings. The van der Waals surface area contributed by atoms with Gasteiger partial charge < -0.3 is 4.90 Å². The molecule has 0 aliphatic carbocycles. The third-order valence-corrected chi connectivity index (χ3v) is 2.66. The van der Waals surface area contributed by atoms with Crippen LogP contribution in [-0.2, 0) is 11.2 Å². The zero-order valence-electron chi connectivity index (χ0n) is 8.57. The molecule has 5 nitrogen and oxygen atoms in total. The summed E-state index contributed by atoms with van der Waals surface area (Å²) in [5.41, 5.74) is 0.384. The average Bonchev–Trinajstić information content (AvgIpc) is 2.22. The van der Waals surface area contributed by atoms with Crippen molar-refractivity contribution in [3.8, 4) is 0 Å². The normalized spacial score (nSPS) is 14.9. The van der Waals surface area contributed by atoms with E-state index in [0.29, 0.717) is 12.0 Å². The number of benzene rings is 1. The fourth-order valence-corrected chi connectivity index (χ4v) is 1.85. The van der Waals surface area contributed by atoms with Crippen molar-refractivity contribution >= 4 is 17.3 Å². The number of aryl methyl sites for hydroxylation is 1. The zero-order chi connectivity index (χ0) is 11.9. The zero-order valence-corrected chi connectivity index (χ0v) is 8.57. The molecule has 1 aliphatic heterocycles. The molecule has 0 bridgehead atoms. The van der Waals surface area contributed by atoms with Gasteiger partial charge in [-0.25, -0.2) is 4.39 Å². The first-order valence-electron chi connectivity index (χ1n) is 4.74. The third kappa shape index (κ3) is 1.52. The second-order valence-electron chi connectivity index (χ2n) is 3.65. The van der Waals surface area contributed by atoms with Crippen LogP contribution in [0, 0.1) is 15.9 Å². The van der Waals surface area contributed by atoms with Gasteiger partial charge in [-0.3, -0.25) is 14.9 Å². The fourth-order valence-electron chi connectivity index (χ4n) is 1.85. The minimum Gasteiger partial charge on any atom is -0.313 e. The third-order valence-electron chi connectivity index (χ3n) is 2.66. The Morgan fingerprint density at radius 2 is 2.12 bits per heavy atom. The van der Waals surface area contributed by atoms with Crippen LogP contribution in [0.5, 0.6) is 0 Å². The van der Waals surface area contributed by atoms with E-state index >= 15 is 0 Å². The second-order valence-corrected chi connectivity index (χ2v) is 3.65. The monoisotopic (exact) mass is 224 g/mol. The molecule has 0 saturated heterocycles. The van der Waals surface area contributed by atoms with Crippen LogP contribution in [0.3, 0.4) is 0 Å². The summed E-state index contributed by atoms with van der Waals surface area (Å²) in [4.78, 5) is 22.5. The molecule has 1 amide bonds. The van der Waals surface area contributed by atoms with Crippen LogP contribution >= 0.6 is 0 Å². The smallest absolute Gasteiger partial charge is 0.272 e. The topological polar surface area (TPSA) is 63.5 Å². The maximum Gasteiger partial charge on any atom is 0.272 e. The van der Waals surface area contributed by atoms with Gasteiger partial charge in [0.25, 0.3) is 5.69 Å². The van der Waals surface area contributed by atoms with Crippen LogP contribution in [0.25, 0.3) is 0 Å². The van der Waals surface area contributed by atoms with Crippen LogP contribution in [0.2, 0.25) is 0 Å². The van der Waals surface area contributed by atoms with E-state index in [4.69, 9.17) is 0 Å². The average molecular weight is 224 g/mol. The van der Waals surface area contributed by atoms with Crippen molar-refractivity contribution in [1.29, 1.82) is 0 Å². The fraction of sp³-hybridized carbons (Fsp3) is 0.300. The van der Waals surface area contributed by atoms with Crippen LogP contribution < -0.4 is 4.90 Å². The van der Waals surface area contributed by atoms with E-state index in [2.05, 4.69) is 0 Å². The first-order chi connectivity index (χ1) is 7.50. The lowest BCUT2D eigenvalue weighted by molar-refractivity contribution is -0.385. The number of non-ortho nitro benzene ring substituents is 1. The molecule has 0 aromatic heterocycles. The van der Waals surface area contributed by atoms with Gasteiger partial charge in [-0.2, -0.15) is 0 Å². The molecule has 0 atom stereocenters. The number of hydrogen-bond acceptors (Lipinski definition) is 3. The molecule has 0 fully saturated rings. The van der Waals surface area contributed by atoms with Gasteiger partial charge in [-0.05, 0) is 12.0 Å². The molecule has 0 N–H and O–H groups in total. The maximum atomic E-state index is 13.6. The summed E-state index contributed by atoms with van der Waals surface area (Å²) >= 11 is 0. The molecule has 0 spiro atoms. The predicted molar refractivity (Wildman–Crippen MR) is 54.8 cm³/mol. The first-order valence-corrected chi connectivity index (χ1v) is 4.74. The second kappa shape index (κ2) is 3.55. The lowest BCUT2D eigenvalue weighted by Crippen LogP contribution is -2.32. The van der Waals surface area contributed by atoms with E-state index in [1.807, 2.05) is 0 Å². The SMILES string of the molecule is CN1C(=O)CCc2cc([N+](=O)[O-])cc(F)c21. The number of nitro benzene ring substituents is 1. The first kappa shape index (κ1) is 10.5. The summed E-state index contributed by atoms with van der Waals surface area (Å²) in [7, 11) is 1.47. The summed E-state index contributed by atoms with van der Waals surface area (Å²) in [6.07, 6.45) is 0.598. The van der Waals surface area contributed by atoms with Crippen molar-refractivity contribution in [1.82, 2.24) is 0 Å². The van der Waals surface area contributed by atoms with E-state index in [0.717, 1.165) is 6.07 Å². The summed E-state index contributed by atoms with van der Waals surface area (Å²) in [6, 6.07) is 2.16. The Hall–Kier alpha value is -1.98. The van der Waals surface area contributed by atoms with Gasteiger partial charge in [0.15, 0.2) is 5.82 Å². The molecule has 1 aromatic carbocycles. The largest absolute Gasteiger partial charge is 0.313 e. The van der Waals surface area contributed by atoms with Gasteiger partial charge in [-0.1, -0.05) is 0 Å². The molecule has 1 aliphatic rings. The molecule has 2 rings (SSSR count). The Labute approximate surface area is 90.6 Å². The highest BCUT2D eigenvalue weighted by Gasteiger charge is 2.26. The van der Waals surface area contributed by atoms with Crippen LogP contribution in [0.4, 0.5) is 15.8 Å². The van der Waals surface area contributed by atoms with Gasteiger partial charge in [-0.15, -0.1) is 0 Å². The van der Waals surface area contributed by atoms with Crippen molar-refractivity contribution in [2.75, 3.05) is 11.9 Å². The maximum absolute atomic E-state index is 13.6.